The molecule has 0 aromatic heterocycles. The van der Waals surface area contributed by atoms with E-state index in [0.717, 1.165) is 30.8 Å². The first-order valence-electron chi connectivity index (χ1n) is 11.6. The predicted molar refractivity (Wildman–Crippen MR) is 135 cm³/mol. The SMILES string of the molecule is C=CCN(CC)CCNC(=O)N1CCN2C(=O)OC(c3ccccc3)(c3ccccc3)C2C1.Cl. The zero-order valence-electron chi connectivity index (χ0n) is 19.6. The molecule has 2 aliphatic rings. The number of ether oxygens (including phenoxy) is 1. The summed E-state index contributed by atoms with van der Waals surface area (Å²) >= 11 is 0. The Morgan fingerprint density at radius 2 is 1.76 bits per heavy atom. The lowest BCUT2D eigenvalue weighted by atomic mass is 9.79. The van der Waals surface area contributed by atoms with Crippen LogP contribution in [0.4, 0.5) is 9.59 Å². The van der Waals surface area contributed by atoms with Crippen molar-refractivity contribution < 1.29 is 14.3 Å². The third-order valence-corrected chi connectivity index (χ3v) is 6.56. The van der Waals surface area contributed by atoms with E-state index in [1.165, 1.54) is 0 Å². The summed E-state index contributed by atoms with van der Waals surface area (Å²) in [6.07, 6.45) is 1.53. The molecule has 8 heteroatoms. The molecule has 0 bridgehead atoms. The first kappa shape index (κ1) is 25.6. The molecular weight excluding hydrogens is 452 g/mol. The van der Waals surface area contributed by atoms with Crippen molar-refractivity contribution >= 4 is 24.5 Å². The third kappa shape index (κ3) is 4.91. The fraction of sp³-hybridized carbons (Fsp3) is 0.385. The number of halogens is 1. The van der Waals surface area contributed by atoms with Crippen LogP contribution in [0, 0.1) is 0 Å². The third-order valence-electron chi connectivity index (χ3n) is 6.56. The average molecular weight is 485 g/mol. The molecule has 7 nitrogen and oxygen atoms in total. The van der Waals surface area contributed by atoms with Crippen molar-refractivity contribution in [3.8, 4) is 0 Å². The van der Waals surface area contributed by atoms with E-state index >= 15 is 0 Å². The lowest BCUT2D eigenvalue weighted by Crippen LogP contribution is -2.60. The maximum Gasteiger partial charge on any atom is 0.411 e. The molecule has 2 aromatic carbocycles. The van der Waals surface area contributed by atoms with Crippen LogP contribution in [-0.2, 0) is 10.3 Å². The number of carbonyl (C=O) groups excluding carboxylic acids is 2. The number of amides is 3. The van der Waals surface area contributed by atoms with E-state index in [2.05, 4.69) is 23.7 Å². The highest BCUT2D eigenvalue weighted by Crippen LogP contribution is 2.45. The van der Waals surface area contributed by atoms with Crippen molar-refractivity contribution in [2.45, 2.75) is 18.6 Å². The van der Waals surface area contributed by atoms with Gasteiger partial charge in [0.15, 0.2) is 5.60 Å². The summed E-state index contributed by atoms with van der Waals surface area (Å²) in [5.41, 5.74) is 0.839. The first-order chi connectivity index (χ1) is 16.1. The van der Waals surface area contributed by atoms with Gasteiger partial charge in [-0.1, -0.05) is 73.7 Å². The Bertz CT molecular complexity index is 933. The van der Waals surface area contributed by atoms with Gasteiger partial charge < -0.3 is 15.0 Å². The minimum Gasteiger partial charge on any atom is -0.431 e. The van der Waals surface area contributed by atoms with Crippen LogP contribution in [0.5, 0.6) is 0 Å². The van der Waals surface area contributed by atoms with Gasteiger partial charge in [-0.05, 0) is 6.54 Å². The number of likely N-dealkylation sites (N-methyl/N-ethyl adjacent to an activating group) is 1. The zero-order valence-corrected chi connectivity index (χ0v) is 20.4. The first-order valence-corrected chi connectivity index (χ1v) is 11.6. The number of rotatable bonds is 8. The molecule has 2 heterocycles. The minimum atomic E-state index is -0.971. The Balaban J connectivity index is 0.00000324. The molecule has 0 aliphatic carbocycles. The van der Waals surface area contributed by atoms with Crippen LogP contribution >= 0.6 is 12.4 Å². The summed E-state index contributed by atoms with van der Waals surface area (Å²) in [5, 5.41) is 3.04. The van der Waals surface area contributed by atoms with Crippen molar-refractivity contribution in [1.29, 1.82) is 0 Å². The lowest BCUT2D eigenvalue weighted by Gasteiger charge is -2.42. The molecule has 2 aromatic rings. The summed E-state index contributed by atoms with van der Waals surface area (Å²) in [7, 11) is 0. The molecule has 3 amide bonds. The molecule has 1 atom stereocenters. The van der Waals surface area contributed by atoms with Gasteiger partial charge in [0.05, 0.1) is 0 Å². The topological polar surface area (TPSA) is 65.1 Å². The molecule has 0 spiro atoms. The quantitative estimate of drug-likeness (QED) is 0.580. The maximum absolute atomic E-state index is 13.0. The van der Waals surface area contributed by atoms with Gasteiger partial charge >= 0.3 is 12.1 Å². The second-order valence-corrected chi connectivity index (χ2v) is 8.40. The van der Waals surface area contributed by atoms with Crippen molar-refractivity contribution in [2.75, 3.05) is 45.8 Å². The van der Waals surface area contributed by atoms with E-state index in [1.807, 2.05) is 66.7 Å². The number of nitrogens with zero attached hydrogens (tertiary/aromatic N) is 3. The van der Waals surface area contributed by atoms with Gasteiger partial charge in [0.1, 0.15) is 6.04 Å². The summed E-state index contributed by atoms with van der Waals surface area (Å²) in [6, 6.07) is 19.2. The van der Waals surface area contributed by atoms with E-state index in [-0.39, 0.29) is 30.6 Å². The van der Waals surface area contributed by atoms with Crippen molar-refractivity contribution in [1.82, 2.24) is 20.0 Å². The predicted octanol–water partition coefficient (Wildman–Crippen LogP) is 3.71. The highest BCUT2D eigenvalue weighted by molar-refractivity contribution is 5.85. The van der Waals surface area contributed by atoms with Gasteiger partial charge in [0.25, 0.3) is 0 Å². The van der Waals surface area contributed by atoms with Gasteiger partial charge in [-0.25, -0.2) is 9.59 Å². The van der Waals surface area contributed by atoms with Gasteiger partial charge in [0, 0.05) is 50.4 Å². The van der Waals surface area contributed by atoms with Crippen molar-refractivity contribution in [3.05, 3.63) is 84.4 Å². The molecule has 1 N–H and O–H groups in total. The number of urea groups is 1. The highest BCUT2D eigenvalue weighted by atomic mass is 35.5. The smallest absolute Gasteiger partial charge is 0.411 e. The normalized spacial score (nSPS) is 18.6. The number of nitrogens with one attached hydrogen (secondary N) is 1. The average Bonchev–Trinajstić information content (AvgIpc) is 3.17. The highest BCUT2D eigenvalue weighted by Gasteiger charge is 2.58. The van der Waals surface area contributed by atoms with Crippen molar-refractivity contribution in [3.63, 3.8) is 0 Å². The van der Waals surface area contributed by atoms with E-state index < -0.39 is 5.60 Å². The van der Waals surface area contributed by atoms with Crippen molar-refractivity contribution in [2.24, 2.45) is 0 Å². The summed E-state index contributed by atoms with van der Waals surface area (Å²) < 4.78 is 6.16. The number of benzene rings is 2. The van der Waals surface area contributed by atoms with Crippen LogP contribution in [0.2, 0.25) is 0 Å². The summed E-state index contributed by atoms with van der Waals surface area (Å²) in [4.78, 5) is 31.8. The van der Waals surface area contributed by atoms with Crippen LogP contribution < -0.4 is 5.32 Å². The molecule has 2 aliphatic heterocycles. The van der Waals surface area contributed by atoms with Crippen LogP contribution in [0.3, 0.4) is 0 Å². The second kappa shape index (κ2) is 11.4. The molecular formula is C26H33ClN4O3. The van der Waals surface area contributed by atoms with E-state index in [0.29, 0.717) is 26.2 Å². The largest absolute Gasteiger partial charge is 0.431 e. The van der Waals surface area contributed by atoms with Gasteiger partial charge in [0.2, 0.25) is 0 Å². The van der Waals surface area contributed by atoms with Crippen LogP contribution in [-0.4, -0.2) is 78.7 Å². The van der Waals surface area contributed by atoms with Crippen LogP contribution in [0.25, 0.3) is 0 Å². The zero-order chi connectivity index (χ0) is 23.3. The van der Waals surface area contributed by atoms with Gasteiger partial charge in [-0.15, -0.1) is 19.0 Å². The molecule has 4 rings (SSSR count). The number of piperazine rings is 1. The number of cyclic esters (lactones) is 1. The fourth-order valence-electron chi connectivity index (χ4n) is 4.83. The molecule has 2 saturated heterocycles. The Hall–Kier alpha value is -3.03. The molecule has 1 unspecified atom stereocenters. The van der Waals surface area contributed by atoms with Crippen LogP contribution in [0.1, 0.15) is 18.1 Å². The monoisotopic (exact) mass is 484 g/mol. The Morgan fingerprint density at radius 3 is 2.32 bits per heavy atom. The molecule has 0 saturated carbocycles. The maximum atomic E-state index is 13.0. The number of hydrogen-bond acceptors (Lipinski definition) is 4. The summed E-state index contributed by atoms with van der Waals surface area (Å²) in [5.74, 6) is 0. The summed E-state index contributed by atoms with van der Waals surface area (Å²) in [6.45, 7) is 10.2. The lowest BCUT2D eigenvalue weighted by molar-refractivity contribution is 0.0511. The molecule has 0 radical (unpaired) electrons. The minimum absolute atomic E-state index is 0. The standard InChI is InChI=1S/C26H32N4O3.ClH/c1-3-16-28(4-2)17-15-27-24(31)29-18-19-30-23(20-29)26(33-25(30)32,21-11-7-5-8-12-21)22-13-9-6-10-14-22;/h3,5-14,23H,1,4,15-20H2,2H3,(H,27,31);1H. The Morgan fingerprint density at radius 1 is 1.15 bits per heavy atom. The Kier molecular flexibility index (Phi) is 8.58. The molecule has 2 fully saturated rings. The van der Waals surface area contributed by atoms with Gasteiger partial charge in [-0.3, -0.25) is 9.80 Å². The van der Waals surface area contributed by atoms with E-state index in [1.54, 1.807) is 9.80 Å². The van der Waals surface area contributed by atoms with Gasteiger partial charge in [-0.2, -0.15) is 0 Å². The Labute approximate surface area is 207 Å². The van der Waals surface area contributed by atoms with Crippen LogP contribution in [0.15, 0.2) is 73.3 Å². The molecule has 182 valence electrons. The molecule has 34 heavy (non-hydrogen) atoms. The second-order valence-electron chi connectivity index (χ2n) is 8.40. The van der Waals surface area contributed by atoms with E-state index in [4.69, 9.17) is 4.74 Å². The number of hydrogen-bond donors (Lipinski definition) is 1. The van der Waals surface area contributed by atoms with E-state index in [9.17, 15) is 9.59 Å². The number of carbonyl (C=O) groups is 2. The number of fused-ring (bicyclic) bond motifs is 1. The fourth-order valence-corrected chi connectivity index (χ4v) is 4.83.